The number of carbonyl (C=O) groups is 3. The van der Waals surface area contributed by atoms with Crippen LogP contribution in [-0.4, -0.2) is 35.5 Å². The second-order valence-electron chi connectivity index (χ2n) is 5.93. The lowest BCUT2D eigenvalue weighted by Crippen LogP contribution is -2.34. The molecule has 0 unspecified atom stereocenters. The van der Waals surface area contributed by atoms with E-state index in [1.165, 1.54) is 0 Å². The van der Waals surface area contributed by atoms with Gasteiger partial charge in [0.15, 0.2) is 5.11 Å². The Morgan fingerprint density at radius 1 is 1.12 bits per heavy atom. The van der Waals surface area contributed by atoms with Crippen molar-refractivity contribution in [2.75, 3.05) is 11.9 Å². The minimum absolute atomic E-state index is 0.00131. The topological polar surface area (TPSA) is 96.5 Å². The molecule has 0 saturated carbocycles. The molecule has 26 heavy (non-hydrogen) atoms. The van der Waals surface area contributed by atoms with E-state index in [1.807, 2.05) is 20.8 Å². The summed E-state index contributed by atoms with van der Waals surface area (Å²) in [5.74, 6) is -0.933. The van der Waals surface area contributed by atoms with Gasteiger partial charge in [0.1, 0.15) is 0 Å². The van der Waals surface area contributed by atoms with E-state index in [-0.39, 0.29) is 35.8 Å². The van der Waals surface area contributed by atoms with Gasteiger partial charge >= 0.3 is 5.97 Å². The van der Waals surface area contributed by atoms with Gasteiger partial charge in [0.25, 0.3) is 5.91 Å². The van der Waals surface area contributed by atoms with Gasteiger partial charge in [-0.3, -0.25) is 14.4 Å². The van der Waals surface area contributed by atoms with Gasteiger partial charge in [0.2, 0.25) is 5.91 Å². The van der Waals surface area contributed by atoms with Crippen molar-refractivity contribution >= 4 is 40.8 Å². The van der Waals surface area contributed by atoms with Crippen LogP contribution in [0, 0.1) is 0 Å². The third kappa shape index (κ3) is 8.57. The molecule has 1 aromatic carbocycles. The highest BCUT2D eigenvalue weighted by Gasteiger charge is 2.10. The number of rotatable bonds is 8. The fourth-order valence-corrected chi connectivity index (χ4v) is 2.14. The van der Waals surface area contributed by atoms with Crippen molar-refractivity contribution in [3.05, 3.63) is 29.8 Å². The molecule has 0 spiro atoms. The van der Waals surface area contributed by atoms with E-state index in [4.69, 9.17) is 17.0 Å². The highest BCUT2D eigenvalue weighted by Crippen LogP contribution is 2.10. The highest BCUT2D eigenvalue weighted by atomic mass is 32.1. The Balaban J connectivity index is 2.41. The lowest BCUT2D eigenvalue weighted by atomic mass is 10.2. The summed E-state index contributed by atoms with van der Waals surface area (Å²) in [4.78, 5) is 35.0. The molecule has 0 bridgehead atoms. The second kappa shape index (κ2) is 11.2. The molecule has 8 heteroatoms. The summed E-state index contributed by atoms with van der Waals surface area (Å²) in [6.07, 6.45) is 0.747. The SMILES string of the molecule is CCCOC(=O)CCC(=O)NC(=S)Nc1ccc(C(=O)NC(C)C)cc1. The van der Waals surface area contributed by atoms with Gasteiger partial charge in [0.05, 0.1) is 13.0 Å². The lowest BCUT2D eigenvalue weighted by Gasteiger charge is -2.11. The monoisotopic (exact) mass is 379 g/mol. The molecule has 1 rings (SSSR count). The molecule has 0 aliphatic heterocycles. The zero-order valence-corrected chi connectivity index (χ0v) is 16.1. The van der Waals surface area contributed by atoms with Crippen LogP contribution in [0.3, 0.4) is 0 Å². The summed E-state index contributed by atoms with van der Waals surface area (Å²) >= 11 is 5.07. The fourth-order valence-electron chi connectivity index (χ4n) is 1.91. The molecule has 7 nitrogen and oxygen atoms in total. The Morgan fingerprint density at radius 2 is 1.77 bits per heavy atom. The number of carbonyl (C=O) groups excluding carboxylic acids is 3. The van der Waals surface area contributed by atoms with Crippen LogP contribution in [0.4, 0.5) is 5.69 Å². The van der Waals surface area contributed by atoms with E-state index in [9.17, 15) is 14.4 Å². The molecule has 0 aliphatic rings. The number of hydrogen-bond acceptors (Lipinski definition) is 5. The van der Waals surface area contributed by atoms with Crippen LogP contribution in [0.1, 0.15) is 50.4 Å². The molecule has 3 N–H and O–H groups in total. The van der Waals surface area contributed by atoms with Gasteiger partial charge in [-0.15, -0.1) is 0 Å². The molecule has 0 aromatic heterocycles. The van der Waals surface area contributed by atoms with Crippen LogP contribution in [0.25, 0.3) is 0 Å². The second-order valence-corrected chi connectivity index (χ2v) is 6.34. The van der Waals surface area contributed by atoms with Crippen LogP contribution in [-0.2, 0) is 14.3 Å². The normalized spacial score (nSPS) is 10.2. The first-order chi connectivity index (χ1) is 12.3. The summed E-state index contributed by atoms with van der Waals surface area (Å²) in [6, 6.07) is 6.76. The molecule has 142 valence electrons. The Kier molecular flexibility index (Phi) is 9.29. The first kappa shape index (κ1) is 21.6. The number of benzene rings is 1. The van der Waals surface area contributed by atoms with Crippen LogP contribution in [0.5, 0.6) is 0 Å². The standard InChI is InChI=1S/C18H25N3O4S/c1-4-11-25-16(23)10-9-15(22)21-18(26)20-14-7-5-13(6-8-14)17(24)19-12(2)3/h5-8,12H,4,9-11H2,1-3H3,(H,19,24)(H2,20,21,22,26). The number of hydrogen-bond donors (Lipinski definition) is 3. The van der Waals surface area contributed by atoms with Gasteiger partial charge in [0, 0.05) is 23.7 Å². The Bertz CT molecular complexity index is 644. The third-order valence-electron chi connectivity index (χ3n) is 3.10. The van der Waals surface area contributed by atoms with Crippen molar-refractivity contribution in [3.63, 3.8) is 0 Å². The number of nitrogens with one attached hydrogen (secondary N) is 3. The molecule has 0 aliphatic carbocycles. The lowest BCUT2D eigenvalue weighted by molar-refractivity contribution is -0.144. The van der Waals surface area contributed by atoms with E-state index >= 15 is 0 Å². The minimum atomic E-state index is -0.406. The van der Waals surface area contributed by atoms with E-state index in [0.29, 0.717) is 17.9 Å². The predicted molar refractivity (Wildman–Crippen MR) is 104 cm³/mol. The van der Waals surface area contributed by atoms with E-state index in [1.54, 1.807) is 24.3 Å². The van der Waals surface area contributed by atoms with Gasteiger partial charge in [-0.2, -0.15) is 0 Å². The van der Waals surface area contributed by atoms with Gasteiger partial charge in [-0.25, -0.2) is 0 Å². The molecule has 0 saturated heterocycles. The third-order valence-corrected chi connectivity index (χ3v) is 3.31. The minimum Gasteiger partial charge on any atom is -0.466 e. The summed E-state index contributed by atoms with van der Waals surface area (Å²) in [6.45, 7) is 6.02. The van der Waals surface area contributed by atoms with Gasteiger partial charge in [-0.1, -0.05) is 6.92 Å². The first-order valence-electron chi connectivity index (χ1n) is 8.49. The smallest absolute Gasteiger partial charge is 0.306 e. The molecule has 2 amide bonds. The van der Waals surface area contributed by atoms with Crippen molar-refractivity contribution in [1.82, 2.24) is 10.6 Å². The largest absolute Gasteiger partial charge is 0.466 e. The Morgan fingerprint density at radius 3 is 2.35 bits per heavy atom. The van der Waals surface area contributed by atoms with Crippen molar-refractivity contribution in [2.24, 2.45) is 0 Å². The molecule has 0 fully saturated rings. The van der Waals surface area contributed by atoms with Crippen LogP contribution in [0.2, 0.25) is 0 Å². The zero-order valence-electron chi connectivity index (χ0n) is 15.3. The van der Waals surface area contributed by atoms with E-state index in [0.717, 1.165) is 6.42 Å². The quantitative estimate of drug-likeness (QED) is 0.474. The van der Waals surface area contributed by atoms with Gasteiger partial charge < -0.3 is 20.7 Å². The van der Waals surface area contributed by atoms with E-state index < -0.39 is 5.97 Å². The predicted octanol–water partition coefficient (Wildman–Crippen LogP) is 2.37. The first-order valence-corrected chi connectivity index (χ1v) is 8.90. The highest BCUT2D eigenvalue weighted by molar-refractivity contribution is 7.80. The fraction of sp³-hybridized carbons (Fsp3) is 0.444. The maximum atomic E-state index is 11.9. The Hall–Kier alpha value is -2.48. The Labute approximate surface area is 158 Å². The van der Waals surface area contributed by atoms with Crippen LogP contribution in [0.15, 0.2) is 24.3 Å². The van der Waals surface area contributed by atoms with Crippen LogP contribution >= 0.6 is 12.2 Å². The summed E-state index contributed by atoms with van der Waals surface area (Å²) in [5, 5.41) is 8.27. The molecule has 1 aromatic rings. The number of esters is 1. The molecular weight excluding hydrogens is 354 g/mol. The summed E-state index contributed by atoms with van der Waals surface area (Å²) in [5.41, 5.74) is 1.17. The van der Waals surface area contributed by atoms with Crippen molar-refractivity contribution in [2.45, 2.75) is 46.1 Å². The zero-order chi connectivity index (χ0) is 19.5. The summed E-state index contributed by atoms with van der Waals surface area (Å²) < 4.78 is 4.90. The molecule has 0 heterocycles. The average Bonchev–Trinajstić information content (AvgIpc) is 2.58. The van der Waals surface area contributed by atoms with Crippen molar-refractivity contribution < 1.29 is 19.1 Å². The summed E-state index contributed by atoms with van der Waals surface area (Å²) in [7, 11) is 0. The number of ether oxygens (including phenoxy) is 1. The molecule has 0 atom stereocenters. The molecule has 0 radical (unpaired) electrons. The average molecular weight is 379 g/mol. The van der Waals surface area contributed by atoms with Crippen molar-refractivity contribution in [1.29, 1.82) is 0 Å². The number of thiocarbonyl (C=S) groups is 1. The van der Waals surface area contributed by atoms with Crippen molar-refractivity contribution in [3.8, 4) is 0 Å². The number of amides is 2. The number of anilines is 1. The van der Waals surface area contributed by atoms with Gasteiger partial charge in [-0.05, 0) is 56.8 Å². The van der Waals surface area contributed by atoms with E-state index in [2.05, 4.69) is 16.0 Å². The van der Waals surface area contributed by atoms with Crippen LogP contribution < -0.4 is 16.0 Å². The maximum absolute atomic E-state index is 11.9. The maximum Gasteiger partial charge on any atom is 0.306 e. The molecular formula is C18H25N3O4S.